The van der Waals surface area contributed by atoms with E-state index in [-0.39, 0.29) is 94.4 Å². The number of rotatable bonds is 13. The number of pyridine rings is 2. The molecular formula is C98H125Br4Cl2N20NaO4S6. The number of hydrogen-bond acceptors (Lipinski definition) is 22. The molecule has 9 N–H and O–H groups in total. The molecular weight excluding hydrogens is 2130 g/mol. The number of piperidine rings is 4. The maximum Gasteiger partial charge on any atom is 1.00 e. The number of halogens is 6. The Labute approximate surface area is 883 Å². The van der Waals surface area contributed by atoms with Crippen molar-refractivity contribution in [3.05, 3.63) is 242 Å². The van der Waals surface area contributed by atoms with Gasteiger partial charge in [-0.15, -0.1) is 0 Å². The summed E-state index contributed by atoms with van der Waals surface area (Å²) < 4.78 is 67.8. The van der Waals surface area contributed by atoms with Crippen molar-refractivity contribution in [2.75, 3.05) is 78.5 Å². The van der Waals surface area contributed by atoms with E-state index >= 15 is 0 Å². The average Bonchev–Trinajstić information content (AvgIpc) is 1.61. The minimum atomic E-state index is -1.14. The number of benzene rings is 4. The van der Waals surface area contributed by atoms with Gasteiger partial charge in [0.05, 0.1) is 145 Å². The summed E-state index contributed by atoms with van der Waals surface area (Å²) in [4.78, 5) is 52.0. The zero-order valence-electron chi connectivity index (χ0n) is 80.1. The number of hydrogen-bond donors (Lipinski definition) is 7. The Morgan fingerprint density at radius 2 is 0.733 bits per heavy atom. The van der Waals surface area contributed by atoms with E-state index in [2.05, 4.69) is 235 Å². The van der Waals surface area contributed by atoms with Crippen molar-refractivity contribution >= 4 is 184 Å². The van der Waals surface area contributed by atoms with Gasteiger partial charge in [-0.05, 0) is 337 Å². The second kappa shape index (κ2) is 46.1. The van der Waals surface area contributed by atoms with Crippen LogP contribution in [0.5, 0.6) is 0 Å². The van der Waals surface area contributed by atoms with Crippen LogP contribution in [0.4, 0.5) is 29.1 Å². The Balaban J connectivity index is 0.000000153. The molecule has 8 atom stereocenters. The summed E-state index contributed by atoms with van der Waals surface area (Å²) in [6, 6.07) is 38.6. The van der Waals surface area contributed by atoms with Crippen LogP contribution in [0.15, 0.2) is 180 Å². The first kappa shape index (κ1) is 109. The maximum atomic E-state index is 13.1. The fraction of sp³-hybridized carbons (Fsp3) is 0.490. The Morgan fingerprint density at radius 3 is 1.07 bits per heavy atom. The van der Waals surface area contributed by atoms with Gasteiger partial charge in [-0.1, -0.05) is 138 Å². The van der Waals surface area contributed by atoms with Gasteiger partial charge in [0.25, 0.3) is 0 Å². The fourth-order valence-electron chi connectivity index (χ4n) is 18.9. The van der Waals surface area contributed by atoms with Gasteiger partial charge in [-0.25, -0.2) is 85.6 Å². The zero-order valence-corrected chi connectivity index (χ0v) is 94.9. The number of nitrogens with one attached hydrogen (secondary N) is 5. The molecule has 0 radical (unpaired) electrons. The van der Waals surface area contributed by atoms with Gasteiger partial charge in [0.15, 0.2) is 0 Å². The standard InChI is InChI=1S/C27H33ClN6OS2.2C22H29BrN4OS.C17H26N2OS.C5H4Br2N2.C5H5ClN2S.Na/c1-17-25(36-20-9-12-30-24(29)22(20)28)31-16-21(32-17)34-13-10-27(11-14-34)15-18-7-5-6-8-19(18)23(27)33-37(35)26(2,3)4;1-15-20(23)24-14-18(25-15)27-11-9-22(10-12-27)13-16-7-5-6-8-17(16)19(22)26-29(28)21(2,3)4;1-15-20(24-14-18(23)25-15)27-11-9-22(10-12-27)13-16-7-5-6-8-17(16)19(22)26-29(28)21(2,3)4;1-16(2,3)21(20)19-15-14-7-5-4-6-13(14)12-17(15)8-10-18-11-9-17;1-3-5(7)8-2-4(6)9-3;6-4-3(9)1-2-8-5(4)7;/h5-9,12,16,23,33H,10-11,13-15H2,1-4H3,(H2,29,30);2*5-8,14,19,26H,9-13H2,1-4H3;4-7,15,18-19H,8-12H2,1-3H3;2H,1H3;1-2H,(H3,7,8,9);/q;;;;;;+1/p-1/t23-,37-;2*19-,29-;15-,21-;;;/m1111.../s1. The predicted octanol–water partition coefficient (Wildman–Crippen LogP) is 17.7. The molecule has 37 heteroatoms. The van der Waals surface area contributed by atoms with Crippen LogP contribution in [0.25, 0.3) is 0 Å². The molecule has 24 nitrogen and oxygen atoms in total. The van der Waals surface area contributed by atoms with Crippen molar-refractivity contribution in [2.45, 2.75) is 246 Å². The van der Waals surface area contributed by atoms with Crippen LogP contribution >= 0.6 is 98.7 Å². The molecule has 0 bridgehead atoms. The van der Waals surface area contributed by atoms with Crippen molar-refractivity contribution in [3.8, 4) is 0 Å². The quantitative estimate of drug-likeness (QED) is 0.0416. The van der Waals surface area contributed by atoms with Crippen LogP contribution in [0.2, 0.25) is 10.0 Å². The summed E-state index contributed by atoms with van der Waals surface area (Å²) in [7, 11) is -4.38. The summed E-state index contributed by atoms with van der Waals surface area (Å²) in [5.74, 6) is 3.41. The number of nitrogens with two attached hydrogens (primary N) is 2. The third-order valence-corrected chi connectivity index (χ3v) is 37.6. The number of nitrogens with zero attached hydrogens (tertiary/aromatic N) is 13. The molecule has 6 aromatic heterocycles. The first-order valence-corrected chi connectivity index (χ1v) is 55.2. The van der Waals surface area contributed by atoms with Crippen LogP contribution in [-0.4, -0.2) is 138 Å². The van der Waals surface area contributed by atoms with Crippen LogP contribution in [0, 0.1) is 49.4 Å². The molecule has 720 valence electrons. The van der Waals surface area contributed by atoms with E-state index < -0.39 is 43.9 Å². The number of nitrogen functional groups attached to an aromatic ring is 2. The van der Waals surface area contributed by atoms with Crippen LogP contribution in [0.1, 0.15) is 226 Å². The second-order valence-corrected chi connectivity index (χ2v) is 53.2. The Morgan fingerprint density at radius 1 is 0.415 bits per heavy atom. The summed E-state index contributed by atoms with van der Waals surface area (Å²) in [6.45, 7) is 39.8. The molecule has 135 heavy (non-hydrogen) atoms. The molecule has 10 aromatic rings. The molecule has 10 heterocycles. The van der Waals surface area contributed by atoms with Crippen molar-refractivity contribution in [2.24, 2.45) is 21.7 Å². The zero-order chi connectivity index (χ0) is 96.8. The van der Waals surface area contributed by atoms with E-state index in [0.29, 0.717) is 26.6 Å². The van der Waals surface area contributed by atoms with Crippen molar-refractivity contribution in [3.63, 3.8) is 0 Å². The van der Waals surface area contributed by atoms with E-state index in [1.807, 2.05) is 129 Å². The summed E-state index contributed by atoms with van der Waals surface area (Å²) in [5, 5.41) is 5.06. The van der Waals surface area contributed by atoms with E-state index in [1.54, 1.807) is 24.7 Å². The van der Waals surface area contributed by atoms with Crippen LogP contribution < -0.4 is 79.9 Å². The minimum absolute atomic E-state index is 0. The molecule has 0 saturated carbocycles. The van der Waals surface area contributed by atoms with Gasteiger partial charge in [-0.3, -0.25) is 0 Å². The van der Waals surface area contributed by atoms with E-state index in [9.17, 15) is 16.8 Å². The second-order valence-electron chi connectivity index (χ2n) is 39.9. The third kappa shape index (κ3) is 26.3. The third-order valence-electron chi connectivity index (χ3n) is 26.5. The van der Waals surface area contributed by atoms with Gasteiger partial charge in [0.1, 0.15) is 52.5 Å². The fourth-order valence-corrected chi connectivity index (χ4v) is 25.2. The summed E-state index contributed by atoms with van der Waals surface area (Å²) in [6.07, 6.45) is 22.9. The number of aromatic nitrogens is 10. The summed E-state index contributed by atoms with van der Waals surface area (Å²) in [5.41, 5.74) is 26.1. The topological polar surface area (TPSA) is 319 Å². The molecule has 4 fully saturated rings. The Kier molecular flexibility index (Phi) is 37.2. The molecule has 4 saturated heterocycles. The molecule has 4 spiro atoms. The molecule has 18 rings (SSSR count). The van der Waals surface area contributed by atoms with Gasteiger partial charge < -0.3 is 44.1 Å². The molecule has 4 aliphatic carbocycles. The van der Waals surface area contributed by atoms with Crippen LogP contribution in [-0.2, 0) is 82.3 Å². The van der Waals surface area contributed by atoms with Gasteiger partial charge >= 0.3 is 29.6 Å². The van der Waals surface area contributed by atoms with E-state index in [1.165, 1.54) is 62.5 Å². The molecule has 4 aliphatic heterocycles. The molecule has 0 amide bonds. The Hall–Kier alpha value is -5.03. The SMILES string of the molecule is CC(C)(C)[S@@](=O)N[C@@H]1c2ccccc2CC12CCNCC2.Cc1nc(Br)cnc1Br.Cc1nc(Br)cnc1N1CCC2(CC1)Cc1ccccc1[C@H]2N[S@](=O)C(C)(C)C.Cc1nc(N2CCC3(CC2)Cc2ccccc2[C@H]3N[S@](=O)C(C)(C)C)cnc1Br.Cc1nc(N2CCC3(CC2)Cc2ccccc2[C@H]3N[S@](=O)C(C)(C)C)cnc1Sc1ccnc(N)c1Cl.Nc1nccc([S-])c1Cl.[Na+]. The number of fused-ring (bicyclic) bond motifs is 4. The van der Waals surface area contributed by atoms with Crippen molar-refractivity contribution in [1.82, 2.24) is 74.0 Å². The Bertz CT molecular complexity index is 5910. The van der Waals surface area contributed by atoms with Gasteiger partial charge in [0.2, 0.25) is 0 Å². The summed E-state index contributed by atoms with van der Waals surface area (Å²) >= 11 is 31.4. The predicted molar refractivity (Wildman–Crippen MR) is 567 cm³/mol. The minimum Gasteiger partial charge on any atom is -0.778 e. The first-order chi connectivity index (χ1) is 63.3. The molecule has 0 unspecified atom stereocenters. The normalized spacial score (nSPS) is 20.1. The van der Waals surface area contributed by atoms with Crippen molar-refractivity contribution in [1.29, 1.82) is 0 Å². The van der Waals surface area contributed by atoms with E-state index in [4.69, 9.17) is 62.2 Å². The van der Waals surface area contributed by atoms with E-state index in [0.717, 1.165) is 198 Å². The number of anilines is 5. The largest absolute Gasteiger partial charge is 1.00 e. The first-order valence-electron chi connectivity index (χ1n) is 45.4. The van der Waals surface area contributed by atoms with Crippen molar-refractivity contribution < 1.29 is 46.4 Å². The maximum absolute atomic E-state index is 13.1. The number of aryl methyl sites for hydroxylation is 4. The molecule has 4 aromatic carbocycles. The monoisotopic (exact) mass is 2250 g/mol. The van der Waals surface area contributed by atoms with Gasteiger partial charge in [-0.2, -0.15) is 4.90 Å². The molecule has 8 aliphatic rings. The smallest absolute Gasteiger partial charge is 0.778 e. The average molecular weight is 2250 g/mol. The van der Waals surface area contributed by atoms with Gasteiger partial charge in [0, 0.05) is 56.6 Å². The van der Waals surface area contributed by atoms with Crippen LogP contribution in [0.3, 0.4) is 0 Å².